The minimum atomic E-state index is -0.590. The van der Waals surface area contributed by atoms with Crippen LogP contribution < -0.4 is 15.4 Å². The van der Waals surface area contributed by atoms with Gasteiger partial charge in [0.1, 0.15) is 16.9 Å². The molecule has 2 atom stereocenters. The molecular formula is C23H22Cl2FN5O2S2. The molecule has 4 rings (SSSR count). The first-order chi connectivity index (χ1) is 16.7. The van der Waals surface area contributed by atoms with Crippen LogP contribution in [0.2, 0.25) is 10.0 Å². The third kappa shape index (κ3) is 6.14. The molecule has 7 nitrogen and oxygen atoms in total. The van der Waals surface area contributed by atoms with Crippen molar-refractivity contribution in [2.45, 2.75) is 32.0 Å². The summed E-state index contributed by atoms with van der Waals surface area (Å²) in [4.78, 5) is 31.2. The number of nitrogens with one attached hydrogen (secondary N) is 3. The van der Waals surface area contributed by atoms with Crippen LogP contribution in [0.4, 0.5) is 10.1 Å². The van der Waals surface area contributed by atoms with Crippen molar-refractivity contribution in [1.82, 2.24) is 19.3 Å². The lowest BCUT2D eigenvalue weighted by Gasteiger charge is -2.34. The molecule has 2 amide bonds. The van der Waals surface area contributed by atoms with Gasteiger partial charge in [-0.15, -0.1) is 11.3 Å². The van der Waals surface area contributed by atoms with Gasteiger partial charge in [0, 0.05) is 28.4 Å². The second-order valence-electron chi connectivity index (χ2n) is 7.90. The Morgan fingerprint density at radius 2 is 1.97 bits per heavy atom. The van der Waals surface area contributed by atoms with Gasteiger partial charge < -0.3 is 10.6 Å². The van der Waals surface area contributed by atoms with E-state index in [1.807, 2.05) is 31.2 Å². The average molecular weight is 555 g/mol. The normalized spacial score (nSPS) is 18.3. The van der Waals surface area contributed by atoms with Gasteiger partial charge in [-0.05, 0) is 44.7 Å². The highest BCUT2D eigenvalue weighted by atomic mass is 35.5. The molecule has 2 aromatic carbocycles. The summed E-state index contributed by atoms with van der Waals surface area (Å²) in [5, 5.41) is 6.96. The quantitative estimate of drug-likeness (QED) is 0.370. The molecule has 3 N–H and O–H groups in total. The fourth-order valence-corrected chi connectivity index (χ4v) is 5.89. The van der Waals surface area contributed by atoms with Crippen molar-refractivity contribution in [1.29, 1.82) is 0 Å². The Kier molecular flexibility index (Phi) is 8.31. The van der Waals surface area contributed by atoms with E-state index < -0.39 is 17.9 Å². The number of hydrogen-bond donors (Lipinski definition) is 3. The van der Waals surface area contributed by atoms with Gasteiger partial charge in [0.2, 0.25) is 11.8 Å². The molecule has 0 saturated carbocycles. The van der Waals surface area contributed by atoms with Crippen LogP contribution in [0, 0.1) is 12.7 Å². The second-order valence-corrected chi connectivity index (χ2v) is 10.8. The van der Waals surface area contributed by atoms with E-state index in [1.54, 1.807) is 11.4 Å². The highest BCUT2D eigenvalue weighted by Crippen LogP contribution is 2.34. The predicted octanol–water partition coefficient (Wildman–Crippen LogP) is 5.04. The van der Waals surface area contributed by atoms with Gasteiger partial charge in [-0.25, -0.2) is 18.4 Å². The van der Waals surface area contributed by atoms with Gasteiger partial charge in [-0.1, -0.05) is 41.4 Å². The lowest BCUT2D eigenvalue weighted by atomic mass is 10.1. The highest BCUT2D eigenvalue weighted by Gasteiger charge is 2.35. The summed E-state index contributed by atoms with van der Waals surface area (Å²) in [6.45, 7) is 2.17. The summed E-state index contributed by atoms with van der Waals surface area (Å²) in [5.41, 5.74) is 2.14. The summed E-state index contributed by atoms with van der Waals surface area (Å²) in [6, 6.07) is 10.4. The Hall–Kier alpha value is -2.21. The van der Waals surface area contributed by atoms with E-state index in [9.17, 15) is 14.0 Å². The molecule has 2 heterocycles. The molecule has 1 aliphatic heterocycles. The number of thiazole rings is 1. The van der Waals surface area contributed by atoms with Crippen LogP contribution in [-0.2, 0) is 16.1 Å². The van der Waals surface area contributed by atoms with Crippen LogP contribution in [-0.4, -0.2) is 40.2 Å². The number of carbonyl (C=O) groups is 2. The van der Waals surface area contributed by atoms with Crippen molar-refractivity contribution in [2.75, 3.05) is 12.4 Å². The smallest absolute Gasteiger partial charge is 0.242 e. The summed E-state index contributed by atoms with van der Waals surface area (Å²) < 4.78 is 18.2. The first-order valence-electron chi connectivity index (χ1n) is 10.6. The van der Waals surface area contributed by atoms with E-state index in [2.05, 4.69) is 20.3 Å². The SMILES string of the molecule is Cc1nc(CNC(=O)C2CC(C(=O)Nc3ccc(F)c(Cl)c3)N(C)SN2)sc1-c1ccccc1Cl. The van der Waals surface area contributed by atoms with Crippen LogP contribution in [0.1, 0.15) is 17.1 Å². The molecule has 35 heavy (non-hydrogen) atoms. The maximum atomic E-state index is 13.4. The Morgan fingerprint density at radius 1 is 1.20 bits per heavy atom. The van der Waals surface area contributed by atoms with Crippen molar-refractivity contribution in [3.05, 3.63) is 69.0 Å². The van der Waals surface area contributed by atoms with Gasteiger partial charge in [0.15, 0.2) is 0 Å². The number of aromatic nitrogens is 1. The van der Waals surface area contributed by atoms with Crippen LogP contribution in [0.3, 0.4) is 0 Å². The zero-order valence-corrected chi connectivity index (χ0v) is 21.9. The Bertz CT molecular complexity index is 1260. The van der Waals surface area contributed by atoms with Gasteiger partial charge in [-0.3, -0.25) is 9.59 Å². The monoisotopic (exact) mass is 553 g/mol. The first-order valence-corrected chi connectivity index (χ1v) is 13.0. The highest BCUT2D eigenvalue weighted by molar-refractivity contribution is 7.95. The lowest BCUT2D eigenvalue weighted by molar-refractivity contribution is -0.124. The van der Waals surface area contributed by atoms with Gasteiger partial charge in [0.05, 0.1) is 28.2 Å². The number of likely N-dealkylation sites (N-methyl/N-ethyl adjacent to an activating group) is 1. The molecule has 1 aliphatic rings. The number of rotatable bonds is 6. The summed E-state index contributed by atoms with van der Waals surface area (Å²) in [7, 11) is 1.75. The first kappa shape index (κ1) is 25.9. The van der Waals surface area contributed by atoms with E-state index >= 15 is 0 Å². The molecule has 0 radical (unpaired) electrons. The number of amides is 2. The van der Waals surface area contributed by atoms with E-state index in [0.717, 1.165) is 21.1 Å². The van der Waals surface area contributed by atoms with Crippen LogP contribution in [0.25, 0.3) is 10.4 Å². The third-order valence-corrected chi connectivity index (χ3v) is 8.16. The fraction of sp³-hybridized carbons (Fsp3) is 0.261. The average Bonchev–Trinajstić information content (AvgIpc) is 3.20. The maximum absolute atomic E-state index is 13.4. The molecule has 0 bridgehead atoms. The number of aryl methyl sites for hydroxylation is 1. The molecule has 1 aromatic heterocycles. The largest absolute Gasteiger partial charge is 0.348 e. The van der Waals surface area contributed by atoms with Crippen molar-refractivity contribution in [3.8, 4) is 10.4 Å². The molecule has 3 aromatic rings. The van der Waals surface area contributed by atoms with E-state index in [1.165, 1.54) is 41.7 Å². The molecule has 12 heteroatoms. The van der Waals surface area contributed by atoms with Gasteiger partial charge in [-0.2, -0.15) is 0 Å². The minimum Gasteiger partial charge on any atom is -0.348 e. The van der Waals surface area contributed by atoms with Gasteiger partial charge in [0.25, 0.3) is 0 Å². The Balaban J connectivity index is 1.37. The molecule has 1 fully saturated rings. The number of anilines is 1. The zero-order chi connectivity index (χ0) is 25.1. The molecule has 1 saturated heterocycles. The number of benzene rings is 2. The molecule has 2 unspecified atom stereocenters. The van der Waals surface area contributed by atoms with Crippen LogP contribution in [0.5, 0.6) is 0 Å². The maximum Gasteiger partial charge on any atom is 0.242 e. The van der Waals surface area contributed by atoms with Gasteiger partial charge >= 0.3 is 0 Å². The number of nitrogens with zero attached hydrogens (tertiary/aromatic N) is 2. The number of halogens is 3. The van der Waals surface area contributed by atoms with Crippen molar-refractivity contribution < 1.29 is 14.0 Å². The zero-order valence-electron chi connectivity index (χ0n) is 18.8. The van der Waals surface area contributed by atoms with Crippen molar-refractivity contribution in [2.24, 2.45) is 0 Å². The summed E-state index contributed by atoms with van der Waals surface area (Å²) in [6.07, 6.45) is 0.248. The summed E-state index contributed by atoms with van der Waals surface area (Å²) >= 11 is 14.8. The third-order valence-electron chi connectivity index (χ3n) is 5.42. The molecule has 0 aliphatic carbocycles. The van der Waals surface area contributed by atoms with Crippen molar-refractivity contribution >= 4 is 64.2 Å². The second kappa shape index (κ2) is 11.2. The number of hydrogen-bond acceptors (Lipinski definition) is 7. The number of carbonyl (C=O) groups excluding carboxylic acids is 2. The molecule has 184 valence electrons. The topological polar surface area (TPSA) is 86.4 Å². The standard InChI is InChI=1S/C23H22Cl2FN5O2S2/c1-12-21(14-5-3-4-6-15(14)24)34-20(28-12)11-27-22(32)18-10-19(31(2)35-30-18)23(33)29-13-7-8-17(26)16(25)9-13/h3-9,18-19,30H,10-11H2,1-2H3,(H,27,32)(H,29,33). The molecule has 0 spiro atoms. The Morgan fingerprint density at radius 3 is 2.71 bits per heavy atom. The van der Waals surface area contributed by atoms with Crippen LogP contribution in [0.15, 0.2) is 42.5 Å². The summed E-state index contributed by atoms with van der Waals surface area (Å²) in [5.74, 6) is -1.12. The van der Waals surface area contributed by atoms with E-state index in [4.69, 9.17) is 23.2 Å². The predicted molar refractivity (Wildman–Crippen MR) is 140 cm³/mol. The Labute approximate surface area is 220 Å². The minimum absolute atomic E-state index is 0.0804. The van der Waals surface area contributed by atoms with E-state index in [0.29, 0.717) is 10.7 Å². The fourth-order valence-electron chi connectivity index (χ4n) is 3.57. The lowest BCUT2D eigenvalue weighted by Crippen LogP contribution is -2.53. The van der Waals surface area contributed by atoms with Crippen molar-refractivity contribution in [3.63, 3.8) is 0 Å². The van der Waals surface area contributed by atoms with E-state index in [-0.39, 0.29) is 29.8 Å². The molecular weight excluding hydrogens is 532 g/mol. The van der Waals surface area contributed by atoms with Crippen LogP contribution >= 0.6 is 46.7 Å².